The third-order valence-electron chi connectivity index (χ3n) is 5.87. The fourth-order valence-corrected chi connectivity index (χ4v) is 5.53. The van der Waals surface area contributed by atoms with Gasteiger partial charge in [-0.25, -0.2) is 8.42 Å². The Labute approximate surface area is 207 Å². The lowest BCUT2D eigenvalue weighted by Crippen LogP contribution is -2.53. The molecule has 0 aliphatic carbocycles. The summed E-state index contributed by atoms with van der Waals surface area (Å²) < 4.78 is 71.1. The number of nitrogens with zero attached hydrogens (tertiary/aromatic N) is 1. The van der Waals surface area contributed by atoms with Gasteiger partial charge in [0.05, 0.1) is 17.6 Å². The second-order valence-corrected chi connectivity index (χ2v) is 10.5. The van der Waals surface area contributed by atoms with Crippen molar-refractivity contribution in [2.75, 3.05) is 20.2 Å². The third kappa shape index (κ3) is 6.97. The number of alkyl halides is 3. The summed E-state index contributed by atoms with van der Waals surface area (Å²) in [5.74, 6) is -0.170. The van der Waals surface area contributed by atoms with Crippen LogP contribution in [0.4, 0.5) is 13.2 Å². The fraction of sp³-hybridized carbons (Fsp3) is 0.417. The number of carbonyl (C=O) groups is 2. The monoisotopic (exact) mass is 527 g/mol. The highest BCUT2D eigenvalue weighted by molar-refractivity contribution is 7.89. The number of ether oxygens (including phenoxy) is 1. The molecule has 0 aromatic heterocycles. The molecule has 0 spiro atoms. The van der Waals surface area contributed by atoms with Gasteiger partial charge in [-0.15, -0.1) is 0 Å². The molecule has 1 heterocycles. The van der Waals surface area contributed by atoms with Crippen LogP contribution in [0.2, 0.25) is 0 Å². The van der Waals surface area contributed by atoms with Crippen molar-refractivity contribution >= 4 is 21.8 Å². The van der Waals surface area contributed by atoms with E-state index < -0.39 is 38.6 Å². The van der Waals surface area contributed by atoms with Crippen LogP contribution in [0.3, 0.4) is 0 Å². The predicted octanol–water partition coefficient (Wildman–Crippen LogP) is 2.73. The van der Waals surface area contributed by atoms with E-state index in [1.165, 1.54) is 14.0 Å². The molecule has 0 bridgehead atoms. The zero-order valence-corrected chi connectivity index (χ0v) is 20.7. The molecule has 0 radical (unpaired) electrons. The van der Waals surface area contributed by atoms with Gasteiger partial charge in [0.1, 0.15) is 11.8 Å². The number of methoxy groups -OCH3 is 1. The summed E-state index contributed by atoms with van der Waals surface area (Å²) in [4.78, 5) is 24.2. The van der Waals surface area contributed by atoms with E-state index in [0.717, 1.165) is 28.1 Å². The van der Waals surface area contributed by atoms with Gasteiger partial charge in [-0.05, 0) is 48.7 Å². The molecule has 1 saturated heterocycles. The Bertz CT molecular complexity index is 1200. The number of piperidine rings is 1. The van der Waals surface area contributed by atoms with Crippen molar-refractivity contribution < 1.29 is 35.9 Å². The maximum atomic E-state index is 13.0. The van der Waals surface area contributed by atoms with E-state index in [2.05, 4.69) is 10.6 Å². The van der Waals surface area contributed by atoms with Gasteiger partial charge in [0.25, 0.3) is 0 Å². The molecule has 1 atom stereocenters. The molecular weight excluding hydrogens is 499 g/mol. The Morgan fingerprint density at radius 2 is 1.78 bits per heavy atom. The molecule has 2 N–H and O–H groups in total. The summed E-state index contributed by atoms with van der Waals surface area (Å²) in [6.45, 7) is 1.37. The van der Waals surface area contributed by atoms with E-state index in [1.54, 1.807) is 18.2 Å². The normalized spacial score (nSPS) is 16.2. The number of hydrogen-bond acceptors (Lipinski definition) is 5. The Hall–Kier alpha value is -3.12. The lowest BCUT2D eigenvalue weighted by Gasteiger charge is -2.32. The number of carbonyl (C=O) groups excluding carboxylic acids is 2. The first kappa shape index (κ1) is 27.5. The summed E-state index contributed by atoms with van der Waals surface area (Å²) >= 11 is 0. The van der Waals surface area contributed by atoms with Crippen LogP contribution in [-0.4, -0.2) is 56.8 Å². The topological polar surface area (TPSA) is 105 Å². The lowest BCUT2D eigenvalue weighted by atomic mass is 10.0. The van der Waals surface area contributed by atoms with Crippen molar-refractivity contribution in [3.63, 3.8) is 0 Å². The summed E-state index contributed by atoms with van der Waals surface area (Å²) in [7, 11) is -2.60. The summed E-state index contributed by atoms with van der Waals surface area (Å²) in [6, 6.07) is 9.55. The first-order valence-electron chi connectivity index (χ1n) is 11.3. The Kier molecular flexibility index (Phi) is 8.62. The van der Waals surface area contributed by atoms with Crippen LogP contribution in [0, 0.1) is 0 Å². The second-order valence-electron chi connectivity index (χ2n) is 8.52. The van der Waals surface area contributed by atoms with Gasteiger partial charge in [-0.2, -0.15) is 17.5 Å². The maximum absolute atomic E-state index is 13.0. The molecule has 1 aliphatic rings. The maximum Gasteiger partial charge on any atom is 0.416 e. The van der Waals surface area contributed by atoms with Crippen LogP contribution in [0.1, 0.15) is 30.9 Å². The summed E-state index contributed by atoms with van der Waals surface area (Å²) in [5.41, 5.74) is -0.254. The Morgan fingerprint density at radius 3 is 2.39 bits per heavy atom. The van der Waals surface area contributed by atoms with Crippen molar-refractivity contribution in [2.45, 2.75) is 49.3 Å². The molecule has 2 aromatic carbocycles. The zero-order chi connectivity index (χ0) is 26.5. The van der Waals surface area contributed by atoms with Crippen LogP contribution >= 0.6 is 0 Å². The fourth-order valence-electron chi connectivity index (χ4n) is 4.01. The van der Waals surface area contributed by atoms with Crippen LogP contribution in [0.15, 0.2) is 53.4 Å². The first-order valence-corrected chi connectivity index (χ1v) is 12.7. The first-order chi connectivity index (χ1) is 16.9. The molecule has 2 aromatic rings. The molecule has 12 heteroatoms. The van der Waals surface area contributed by atoms with E-state index in [0.29, 0.717) is 11.8 Å². The van der Waals surface area contributed by atoms with Gasteiger partial charge >= 0.3 is 6.18 Å². The molecule has 1 aliphatic heterocycles. The van der Waals surface area contributed by atoms with Crippen molar-refractivity contribution in [3.8, 4) is 5.75 Å². The molecular formula is C24H28F3N3O5S. The van der Waals surface area contributed by atoms with E-state index in [9.17, 15) is 31.2 Å². The van der Waals surface area contributed by atoms with Crippen molar-refractivity contribution in [3.05, 3.63) is 59.7 Å². The lowest BCUT2D eigenvalue weighted by molar-refractivity contribution is -0.137. The minimum Gasteiger partial charge on any atom is -0.497 e. The standard InChI is InChI=1S/C24H28F3N3O5S/c1-16(31)28-22(14-17-5-3-7-20(13-17)35-2)23(32)29-19-9-11-30(12-10-19)36(33,34)21-8-4-6-18(15-21)24(25,26)27/h3-8,13,15,19,22H,9-12,14H2,1-2H3,(H,28,31)(H,29,32). The van der Waals surface area contributed by atoms with Gasteiger partial charge in [0.2, 0.25) is 21.8 Å². The molecule has 3 rings (SSSR count). The molecule has 196 valence electrons. The molecule has 2 amide bonds. The van der Waals surface area contributed by atoms with Crippen molar-refractivity contribution in [1.29, 1.82) is 0 Å². The van der Waals surface area contributed by atoms with Gasteiger partial charge in [-0.1, -0.05) is 18.2 Å². The van der Waals surface area contributed by atoms with Crippen LogP contribution in [0.25, 0.3) is 0 Å². The van der Waals surface area contributed by atoms with E-state index in [-0.39, 0.29) is 44.3 Å². The largest absolute Gasteiger partial charge is 0.497 e. The quantitative estimate of drug-likeness (QED) is 0.550. The molecule has 8 nitrogen and oxygen atoms in total. The number of halogens is 3. The number of sulfonamides is 1. The summed E-state index contributed by atoms with van der Waals surface area (Å²) in [5, 5.41) is 5.50. The molecule has 36 heavy (non-hydrogen) atoms. The number of rotatable bonds is 8. The number of hydrogen-bond donors (Lipinski definition) is 2. The van der Waals surface area contributed by atoms with Gasteiger partial charge in [0, 0.05) is 32.5 Å². The second kappa shape index (κ2) is 11.3. The molecule has 0 saturated carbocycles. The van der Waals surface area contributed by atoms with Crippen LogP contribution in [-0.2, 0) is 32.2 Å². The van der Waals surface area contributed by atoms with Gasteiger partial charge < -0.3 is 15.4 Å². The van der Waals surface area contributed by atoms with Gasteiger partial charge in [-0.3, -0.25) is 9.59 Å². The Balaban J connectivity index is 1.63. The highest BCUT2D eigenvalue weighted by Gasteiger charge is 2.35. The predicted molar refractivity (Wildman–Crippen MR) is 126 cm³/mol. The molecule has 1 unspecified atom stereocenters. The molecule has 1 fully saturated rings. The zero-order valence-electron chi connectivity index (χ0n) is 19.8. The third-order valence-corrected chi connectivity index (χ3v) is 7.76. The highest BCUT2D eigenvalue weighted by atomic mass is 32.2. The Morgan fingerprint density at radius 1 is 1.11 bits per heavy atom. The SMILES string of the molecule is COc1cccc(CC(NC(C)=O)C(=O)NC2CCN(S(=O)(=O)c3cccc(C(F)(F)F)c3)CC2)c1. The minimum absolute atomic E-state index is 0.0320. The highest BCUT2D eigenvalue weighted by Crippen LogP contribution is 2.31. The smallest absolute Gasteiger partial charge is 0.416 e. The van der Waals surface area contributed by atoms with E-state index in [1.807, 2.05) is 6.07 Å². The number of nitrogens with one attached hydrogen (secondary N) is 2. The number of amides is 2. The van der Waals surface area contributed by atoms with Gasteiger partial charge in [0.15, 0.2) is 0 Å². The van der Waals surface area contributed by atoms with Crippen LogP contribution < -0.4 is 15.4 Å². The van der Waals surface area contributed by atoms with E-state index in [4.69, 9.17) is 4.74 Å². The number of benzene rings is 2. The average Bonchev–Trinajstić information content (AvgIpc) is 2.83. The summed E-state index contributed by atoms with van der Waals surface area (Å²) in [6.07, 6.45) is -3.88. The van der Waals surface area contributed by atoms with Crippen molar-refractivity contribution in [2.24, 2.45) is 0 Å². The van der Waals surface area contributed by atoms with Crippen LogP contribution in [0.5, 0.6) is 5.75 Å². The minimum atomic E-state index is -4.65. The van der Waals surface area contributed by atoms with Crippen molar-refractivity contribution in [1.82, 2.24) is 14.9 Å². The van der Waals surface area contributed by atoms with E-state index >= 15 is 0 Å². The average molecular weight is 528 g/mol.